The number of nitrogens with zero attached hydrogens (tertiary/aromatic N) is 1. The molecule has 0 bridgehead atoms. The first-order chi connectivity index (χ1) is 19.9. The molecule has 1 aliphatic carbocycles. The Hall–Kier alpha value is -4.10. The minimum Gasteiger partial charge on any atom is -0.310 e. The third kappa shape index (κ3) is 4.47. The van der Waals surface area contributed by atoms with Crippen LogP contribution in [0.25, 0.3) is 22.3 Å². The van der Waals surface area contributed by atoms with Crippen LogP contribution in [0, 0.1) is 19.3 Å². The monoisotopic (exact) mass is 549 g/mol. The molecule has 0 saturated carbocycles. The Balaban J connectivity index is 1.54. The molecule has 0 aliphatic heterocycles. The molecule has 0 amide bonds. The second-order valence-corrected chi connectivity index (χ2v) is 13.8. The van der Waals surface area contributed by atoms with Gasteiger partial charge in [0.2, 0.25) is 0 Å². The van der Waals surface area contributed by atoms with E-state index in [0.717, 1.165) is 11.4 Å². The molecule has 1 heteroatoms. The van der Waals surface area contributed by atoms with Crippen LogP contribution in [0.15, 0.2) is 115 Å². The Morgan fingerprint density at radius 1 is 0.405 bits per heavy atom. The van der Waals surface area contributed by atoms with E-state index in [1.807, 2.05) is 0 Å². The highest BCUT2D eigenvalue weighted by Crippen LogP contribution is 2.62. The maximum Gasteiger partial charge on any atom is 0.0467 e. The van der Waals surface area contributed by atoms with E-state index < -0.39 is 0 Å². The molecule has 0 N–H and O–H groups in total. The minimum atomic E-state index is 0.0288. The maximum atomic E-state index is 2.46. The molecule has 5 aromatic carbocycles. The van der Waals surface area contributed by atoms with Crippen molar-refractivity contribution < 1.29 is 0 Å². The van der Waals surface area contributed by atoms with Crippen LogP contribution in [0.5, 0.6) is 0 Å². The lowest BCUT2D eigenvalue weighted by Gasteiger charge is -2.44. The highest BCUT2D eigenvalue weighted by Gasteiger charge is 2.56. The Kier molecular flexibility index (Phi) is 6.69. The molecule has 42 heavy (non-hydrogen) atoms. The standard InChI is InChI=1S/C41H43N/c1-28-15-19-30(20-16-28)32-11-9-13-34(25-32)42(35-14-10-12-33(26-35)31-21-17-29(2)18-22-31)36-23-24-37-38(27-36)40(5,6)41(7,8)39(37,3)4/h9-27H,1-8H3. The van der Waals surface area contributed by atoms with Crippen molar-refractivity contribution in [2.75, 3.05) is 4.90 Å². The van der Waals surface area contributed by atoms with Gasteiger partial charge in [0, 0.05) is 17.1 Å². The second kappa shape index (κ2) is 10.0. The van der Waals surface area contributed by atoms with Gasteiger partial charge in [-0.1, -0.05) is 132 Å². The highest BCUT2D eigenvalue weighted by atomic mass is 15.1. The fraction of sp³-hybridized carbons (Fsp3) is 0.268. The van der Waals surface area contributed by atoms with Crippen LogP contribution in [0.4, 0.5) is 17.1 Å². The number of fused-ring (bicyclic) bond motifs is 1. The van der Waals surface area contributed by atoms with Crippen molar-refractivity contribution in [3.05, 3.63) is 138 Å². The molecule has 0 saturated heterocycles. The number of aryl methyl sites for hydroxylation is 2. The van der Waals surface area contributed by atoms with Crippen LogP contribution in [0.3, 0.4) is 0 Å². The van der Waals surface area contributed by atoms with E-state index in [0.29, 0.717) is 0 Å². The maximum absolute atomic E-state index is 2.46. The van der Waals surface area contributed by atoms with E-state index in [9.17, 15) is 0 Å². The van der Waals surface area contributed by atoms with Gasteiger partial charge in [-0.25, -0.2) is 0 Å². The summed E-state index contributed by atoms with van der Waals surface area (Å²) in [5, 5.41) is 0. The Morgan fingerprint density at radius 3 is 1.31 bits per heavy atom. The molecule has 0 radical (unpaired) electrons. The van der Waals surface area contributed by atoms with Crippen LogP contribution >= 0.6 is 0 Å². The fourth-order valence-corrected chi connectivity index (χ4v) is 6.78. The number of rotatable bonds is 5. The molecule has 6 rings (SSSR count). The van der Waals surface area contributed by atoms with Gasteiger partial charge in [0.1, 0.15) is 0 Å². The molecule has 5 aromatic rings. The van der Waals surface area contributed by atoms with Gasteiger partial charge in [-0.3, -0.25) is 0 Å². The summed E-state index contributed by atoms with van der Waals surface area (Å²) >= 11 is 0. The van der Waals surface area contributed by atoms with Crippen molar-refractivity contribution in [1.29, 1.82) is 0 Å². The van der Waals surface area contributed by atoms with Crippen LogP contribution in [-0.4, -0.2) is 0 Å². The Labute approximate surface area is 252 Å². The molecule has 0 heterocycles. The lowest BCUT2D eigenvalue weighted by atomic mass is 9.59. The van der Waals surface area contributed by atoms with Crippen molar-refractivity contribution in [1.82, 2.24) is 0 Å². The average Bonchev–Trinajstić information content (AvgIpc) is 3.08. The van der Waals surface area contributed by atoms with E-state index in [1.54, 1.807) is 0 Å². The molecule has 1 aliphatic rings. The van der Waals surface area contributed by atoms with Gasteiger partial charge < -0.3 is 4.90 Å². The van der Waals surface area contributed by atoms with Gasteiger partial charge >= 0.3 is 0 Å². The van der Waals surface area contributed by atoms with Crippen LogP contribution in [0.1, 0.15) is 63.8 Å². The minimum absolute atomic E-state index is 0.0288. The van der Waals surface area contributed by atoms with Gasteiger partial charge in [-0.15, -0.1) is 0 Å². The molecule has 0 aromatic heterocycles. The largest absolute Gasteiger partial charge is 0.310 e. The van der Waals surface area contributed by atoms with Gasteiger partial charge in [0.25, 0.3) is 0 Å². The third-order valence-electron chi connectivity index (χ3n) is 10.7. The van der Waals surface area contributed by atoms with E-state index in [2.05, 4.69) is 176 Å². The molecular weight excluding hydrogens is 506 g/mol. The number of anilines is 3. The molecule has 0 spiro atoms. The Morgan fingerprint density at radius 2 is 0.833 bits per heavy atom. The highest BCUT2D eigenvalue weighted by molar-refractivity contribution is 5.83. The van der Waals surface area contributed by atoms with Crippen molar-refractivity contribution in [3.63, 3.8) is 0 Å². The predicted octanol–water partition coefficient (Wildman–Crippen LogP) is 11.7. The van der Waals surface area contributed by atoms with Gasteiger partial charge in [0.15, 0.2) is 0 Å². The summed E-state index contributed by atoms with van der Waals surface area (Å²) in [7, 11) is 0. The number of hydrogen-bond acceptors (Lipinski definition) is 1. The summed E-state index contributed by atoms with van der Waals surface area (Å²) in [6.45, 7) is 18.8. The smallest absolute Gasteiger partial charge is 0.0467 e. The SMILES string of the molecule is Cc1ccc(-c2cccc(N(c3cccc(-c4ccc(C)cc4)c3)c3ccc4c(c3)C(C)(C)C(C)(C)C4(C)C)c2)cc1. The topological polar surface area (TPSA) is 3.24 Å². The average molecular weight is 550 g/mol. The second-order valence-electron chi connectivity index (χ2n) is 13.8. The number of benzene rings is 5. The summed E-state index contributed by atoms with van der Waals surface area (Å²) in [6, 6.07) is 42.8. The zero-order chi connectivity index (χ0) is 29.9. The van der Waals surface area contributed by atoms with Crippen molar-refractivity contribution in [3.8, 4) is 22.3 Å². The van der Waals surface area contributed by atoms with Crippen LogP contribution in [0.2, 0.25) is 0 Å². The summed E-state index contributed by atoms with van der Waals surface area (Å²) in [6.07, 6.45) is 0. The first-order valence-corrected chi connectivity index (χ1v) is 15.2. The van der Waals surface area contributed by atoms with E-state index in [1.165, 1.54) is 50.2 Å². The zero-order valence-electron chi connectivity index (χ0n) is 26.4. The van der Waals surface area contributed by atoms with Gasteiger partial charge in [-0.2, -0.15) is 0 Å². The molecule has 212 valence electrons. The summed E-state index contributed by atoms with van der Waals surface area (Å²) in [4.78, 5) is 2.43. The quantitative estimate of drug-likeness (QED) is 0.211. The first kappa shape index (κ1) is 28.0. The first-order valence-electron chi connectivity index (χ1n) is 15.2. The van der Waals surface area contributed by atoms with Crippen LogP contribution in [-0.2, 0) is 10.8 Å². The lowest BCUT2D eigenvalue weighted by molar-refractivity contribution is 0.125. The molecule has 0 fully saturated rings. The van der Waals surface area contributed by atoms with Crippen molar-refractivity contribution in [2.45, 2.75) is 66.2 Å². The normalized spacial score (nSPS) is 16.2. The molecule has 0 atom stereocenters. The van der Waals surface area contributed by atoms with E-state index >= 15 is 0 Å². The van der Waals surface area contributed by atoms with Crippen LogP contribution < -0.4 is 4.90 Å². The summed E-state index contributed by atoms with van der Waals surface area (Å²) < 4.78 is 0. The summed E-state index contributed by atoms with van der Waals surface area (Å²) in [5.74, 6) is 0. The molecule has 1 nitrogen and oxygen atoms in total. The number of hydrogen-bond donors (Lipinski definition) is 0. The van der Waals surface area contributed by atoms with Gasteiger partial charge in [0.05, 0.1) is 0 Å². The molecule has 0 unspecified atom stereocenters. The summed E-state index contributed by atoms with van der Waals surface area (Å²) in [5.41, 5.74) is 14.1. The lowest BCUT2D eigenvalue weighted by Crippen LogP contribution is -2.42. The molecular formula is C41H43N. The van der Waals surface area contributed by atoms with Crippen molar-refractivity contribution in [2.24, 2.45) is 5.41 Å². The van der Waals surface area contributed by atoms with E-state index in [4.69, 9.17) is 0 Å². The third-order valence-corrected chi connectivity index (χ3v) is 10.7. The van der Waals surface area contributed by atoms with Gasteiger partial charge in [-0.05, 0) is 99.9 Å². The fourth-order valence-electron chi connectivity index (χ4n) is 6.78. The predicted molar refractivity (Wildman–Crippen MR) is 181 cm³/mol. The van der Waals surface area contributed by atoms with E-state index in [-0.39, 0.29) is 16.2 Å². The Bertz CT molecular complexity index is 1660. The zero-order valence-corrected chi connectivity index (χ0v) is 26.4. The van der Waals surface area contributed by atoms with Crippen molar-refractivity contribution >= 4 is 17.1 Å².